The molecule has 1 N–H and O–H groups in total. The zero-order chi connectivity index (χ0) is 14.1. The molecule has 2 heterocycles. The second-order valence-corrected chi connectivity index (χ2v) is 6.05. The number of aryl methyl sites for hydroxylation is 3. The van der Waals surface area contributed by atoms with E-state index in [9.17, 15) is 0 Å². The fraction of sp³-hybridized carbons (Fsp3) is 0.312. The number of thiazole rings is 1. The highest BCUT2D eigenvalue weighted by molar-refractivity contribution is 7.09. The van der Waals surface area contributed by atoms with Gasteiger partial charge in [-0.15, -0.1) is 11.3 Å². The van der Waals surface area contributed by atoms with Gasteiger partial charge in [-0.25, -0.2) is 4.98 Å². The van der Waals surface area contributed by atoms with E-state index in [0.29, 0.717) is 0 Å². The smallest absolute Gasteiger partial charge is 0.0798 e. The van der Waals surface area contributed by atoms with Crippen LogP contribution in [0.5, 0.6) is 0 Å². The van der Waals surface area contributed by atoms with Gasteiger partial charge in [0.2, 0.25) is 0 Å². The SMILES string of the molecule is Cc1ncsc1CNCc1c(C)c2ccccc2n1C. The average Bonchev–Trinajstić information content (AvgIpc) is 2.97. The molecule has 0 fully saturated rings. The number of hydrogen-bond acceptors (Lipinski definition) is 3. The van der Waals surface area contributed by atoms with Gasteiger partial charge in [-0.05, 0) is 25.5 Å². The average molecular weight is 285 g/mol. The Kier molecular flexibility index (Phi) is 3.59. The molecule has 0 radical (unpaired) electrons. The molecule has 20 heavy (non-hydrogen) atoms. The molecule has 0 aliphatic carbocycles. The van der Waals surface area contributed by atoms with Gasteiger partial charge in [-0.1, -0.05) is 18.2 Å². The van der Waals surface area contributed by atoms with E-state index in [2.05, 4.69) is 60.0 Å². The molecule has 0 amide bonds. The largest absolute Gasteiger partial charge is 0.346 e. The maximum atomic E-state index is 4.29. The molecule has 3 rings (SSSR count). The number of hydrogen-bond donors (Lipinski definition) is 1. The number of benzene rings is 1. The first kappa shape index (κ1) is 13.3. The summed E-state index contributed by atoms with van der Waals surface area (Å²) in [7, 11) is 2.14. The third kappa shape index (κ3) is 2.25. The van der Waals surface area contributed by atoms with Crippen molar-refractivity contribution in [3.63, 3.8) is 0 Å². The zero-order valence-corrected chi connectivity index (χ0v) is 12.9. The van der Waals surface area contributed by atoms with Gasteiger partial charge in [0.1, 0.15) is 0 Å². The van der Waals surface area contributed by atoms with E-state index in [-0.39, 0.29) is 0 Å². The highest BCUT2D eigenvalue weighted by Crippen LogP contribution is 2.24. The standard InChI is InChI=1S/C16H19N3S/c1-11-13-6-4-5-7-14(13)19(3)15(11)8-17-9-16-12(2)18-10-20-16/h4-7,10,17H,8-9H2,1-3H3. The van der Waals surface area contributed by atoms with Crippen molar-refractivity contribution in [2.45, 2.75) is 26.9 Å². The molecular weight excluding hydrogens is 266 g/mol. The second kappa shape index (κ2) is 5.38. The lowest BCUT2D eigenvalue weighted by Gasteiger charge is -2.07. The van der Waals surface area contributed by atoms with Crippen molar-refractivity contribution in [1.29, 1.82) is 0 Å². The molecule has 0 unspecified atom stereocenters. The normalized spacial score (nSPS) is 11.3. The third-order valence-electron chi connectivity index (χ3n) is 3.93. The van der Waals surface area contributed by atoms with Crippen molar-refractivity contribution in [1.82, 2.24) is 14.9 Å². The van der Waals surface area contributed by atoms with Gasteiger partial charge < -0.3 is 9.88 Å². The zero-order valence-electron chi connectivity index (χ0n) is 12.1. The van der Waals surface area contributed by atoms with Crippen molar-refractivity contribution in [2.75, 3.05) is 0 Å². The maximum absolute atomic E-state index is 4.29. The fourth-order valence-electron chi connectivity index (χ4n) is 2.68. The first-order valence-corrected chi connectivity index (χ1v) is 7.69. The first-order valence-electron chi connectivity index (χ1n) is 6.81. The lowest BCUT2D eigenvalue weighted by molar-refractivity contribution is 0.659. The predicted molar refractivity (Wildman–Crippen MR) is 85.1 cm³/mol. The minimum atomic E-state index is 0.883. The lowest BCUT2D eigenvalue weighted by Crippen LogP contribution is -2.15. The van der Waals surface area contributed by atoms with Crippen LogP contribution in [0.2, 0.25) is 0 Å². The van der Waals surface area contributed by atoms with Crippen LogP contribution in [0.15, 0.2) is 29.8 Å². The Morgan fingerprint density at radius 3 is 2.70 bits per heavy atom. The van der Waals surface area contributed by atoms with Crippen LogP contribution in [0, 0.1) is 13.8 Å². The molecule has 3 nitrogen and oxygen atoms in total. The Balaban J connectivity index is 1.79. The van der Waals surface area contributed by atoms with Crippen LogP contribution in [0.3, 0.4) is 0 Å². The topological polar surface area (TPSA) is 29.9 Å². The molecule has 0 spiro atoms. The summed E-state index contributed by atoms with van der Waals surface area (Å²) in [6.07, 6.45) is 0. The molecule has 3 aromatic rings. The summed E-state index contributed by atoms with van der Waals surface area (Å²) in [4.78, 5) is 5.61. The highest BCUT2D eigenvalue weighted by atomic mass is 32.1. The molecule has 2 aromatic heterocycles. The van der Waals surface area contributed by atoms with Crippen LogP contribution in [-0.2, 0) is 20.1 Å². The third-order valence-corrected chi connectivity index (χ3v) is 4.87. The summed E-state index contributed by atoms with van der Waals surface area (Å²) >= 11 is 1.72. The molecule has 0 saturated carbocycles. The number of nitrogens with one attached hydrogen (secondary N) is 1. The molecule has 0 aliphatic heterocycles. The van der Waals surface area contributed by atoms with Gasteiger partial charge in [0.05, 0.1) is 11.2 Å². The number of nitrogens with zero attached hydrogens (tertiary/aromatic N) is 2. The summed E-state index contributed by atoms with van der Waals surface area (Å²) in [5, 5.41) is 4.89. The summed E-state index contributed by atoms with van der Waals surface area (Å²) in [5.74, 6) is 0. The van der Waals surface area contributed by atoms with Crippen LogP contribution in [0.4, 0.5) is 0 Å². The molecule has 4 heteroatoms. The van der Waals surface area contributed by atoms with E-state index in [4.69, 9.17) is 0 Å². The Morgan fingerprint density at radius 2 is 2.00 bits per heavy atom. The quantitative estimate of drug-likeness (QED) is 0.794. The summed E-state index contributed by atoms with van der Waals surface area (Å²) in [6, 6.07) is 8.58. The Bertz CT molecular complexity index is 700. The molecule has 0 saturated heterocycles. The summed E-state index contributed by atoms with van der Waals surface area (Å²) in [5.41, 5.74) is 7.08. The Labute approximate surface area is 123 Å². The Hall–Kier alpha value is -1.65. The predicted octanol–water partition coefficient (Wildman–Crippen LogP) is 3.54. The molecule has 1 aromatic carbocycles. The molecule has 0 aliphatic rings. The number of para-hydroxylation sites is 1. The highest BCUT2D eigenvalue weighted by Gasteiger charge is 2.10. The first-order chi connectivity index (χ1) is 9.68. The van der Waals surface area contributed by atoms with Crippen molar-refractivity contribution in [2.24, 2.45) is 7.05 Å². The monoisotopic (exact) mass is 285 g/mol. The van der Waals surface area contributed by atoms with Crippen LogP contribution in [0.25, 0.3) is 10.9 Å². The van der Waals surface area contributed by atoms with Crippen LogP contribution in [0.1, 0.15) is 21.8 Å². The van der Waals surface area contributed by atoms with Crippen molar-refractivity contribution < 1.29 is 0 Å². The number of fused-ring (bicyclic) bond motifs is 1. The van der Waals surface area contributed by atoms with E-state index in [1.54, 1.807) is 11.3 Å². The minimum Gasteiger partial charge on any atom is -0.346 e. The van der Waals surface area contributed by atoms with Gasteiger partial charge in [-0.2, -0.15) is 0 Å². The van der Waals surface area contributed by atoms with Crippen LogP contribution < -0.4 is 5.32 Å². The van der Waals surface area contributed by atoms with E-state index >= 15 is 0 Å². The second-order valence-electron chi connectivity index (χ2n) is 5.11. The molecule has 104 valence electrons. The number of rotatable bonds is 4. The van der Waals surface area contributed by atoms with E-state index in [1.165, 1.54) is 27.0 Å². The minimum absolute atomic E-state index is 0.883. The molecule has 0 bridgehead atoms. The summed E-state index contributed by atoms with van der Waals surface area (Å²) in [6.45, 7) is 6.04. The molecule has 0 atom stereocenters. The van der Waals surface area contributed by atoms with E-state index in [1.807, 2.05) is 5.51 Å². The van der Waals surface area contributed by atoms with Crippen molar-refractivity contribution >= 4 is 22.2 Å². The Morgan fingerprint density at radius 1 is 1.20 bits per heavy atom. The van der Waals surface area contributed by atoms with Crippen molar-refractivity contribution in [3.05, 3.63) is 51.6 Å². The van der Waals surface area contributed by atoms with Gasteiger partial charge in [0.15, 0.2) is 0 Å². The summed E-state index contributed by atoms with van der Waals surface area (Å²) < 4.78 is 2.29. The van der Waals surface area contributed by atoms with Gasteiger partial charge in [-0.3, -0.25) is 0 Å². The van der Waals surface area contributed by atoms with Crippen LogP contribution in [-0.4, -0.2) is 9.55 Å². The van der Waals surface area contributed by atoms with Gasteiger partial charge >= 0.3 is 0 Å². The van der Waals surface area contributed by atoms with E-state index < -0.39 is 0 Å². The fourth-order valence-corrected chi connectivity index (χ4v) is 3.42. The van der Waals surface area contributed by atoms with Crippen molar-refractivity contribution in [3.8, 4) is 0 Å². The van der Waals surface area contributed by atoms with Gasteiger partial charge in [0.25, 0.3) is 0 Å². The number of aromatic nitrogens is 2. The van der Waals surface area contributed by atoms with Crippen LogP contribution >= 0.6 is 11.3 Å². The van der Waals surface area contributed by atoms with E-state index in [0.717, 1.165) is 18.8 Å². The lowest BCUT2D eigenvalue weighted by atomic mass is 10.1. The maximum Gasteiger partial charge on any atom is 0.0798 e. The molecular formula is C16H19N3S. The van der Waals surface area contributed by atoms with Gasteiger partial charge in [0, 0.05) is 41.6 Å².